The lowest BCUT2D eigenvalue weighted by Crippen LogP contribution is -2.29. The molecule has 0 aromatic heterocycles. The highest BCUT2D eigenvalue weighted by Crippen LogP contribution is 2.50. The van der Waals surface area contributed by atoms with E-state index in [1.54, 1.807) is 57.7 Å². The Morgan fingerprint density at radius 1 is 1.03 bits per heavy atom. The molecule has 0 spiro atoms. The molecule has 1 aliphatic carbocycles. The van der Waals surface area contributed by atoms with E-state index < -0.39 is 6.04 Å². The zero-order valence-corrected chi connectivity index (χ0v) is 21.3. The molecule has 1 atom stereocenters. The predicted octanol–water partition coefficient (Wildman–Crippen LogP) is 4.75. The second-order valence-corrected chi connectivity index (χ2v) is 9.06. The van der Waals surface area contributed by atoms with Gasteiger partial charge in [-0.05, 0) is 78.3 Å². The van der Waals surface area contributed by atoms with Gasteiger partial charge in [0.25, 0.3) is 5.91 Å². The first-order chi connectivity index (χ1) is 17.4. The number of nitriles is 1. The minimum atomic E-state index is -0.438. The van der Waals surface area contributed by atoms with Crippen LogP contribution in [-0.2, 0) is 6.42 Å². The lowest BCUT2D eigenvalue weighted by molar-refractivity contribution is 0.0935. The van der Waals surface area contributed by atoms with Crippen LogP contribution in [0.2, 0.25) is 0 Å². The number of hydrogen-bond donors (Lipinski definition) is 1. The molecule has 0 radical (unpaired) electrons. The number of carbonyl (C=O) groups is 1. The molecular weight excluding hydrogens is 476 g/mol. The van der Waals surface area contributed by atoms with Crippen LogP contribution in [0.3, 0.4) is 0 Å². The van der Waals surface area contributed by atoms with E-state index in [4.69, 9.17) is 19.5 Å². The van der Waals surface area contributed by atoms with Gasteiger partial charge in [0.15, 0.2) is 16.9 Å². The van der Waals surface area contributed by atoms with Crippen molar-refractivity contribution < 1.29 is 19.0 Å². The topological polar surface area (TPSA) is 97.7 Å². The summed E-state index contributed by atoms with van der Waals surface area (Å²) in [5.74, 6) is 1.23. The summed E-state index contributed by atoms with van der Waals surface area (Å²) < 4.78 is 17.0. The Hall–Kier alpha value is -3.96. The van der Waals surface area contributed by atoms with Crippen LogP contribution in [0.1, 0.15) is 39.5 Å². The molecule has 3 aromatic rings. The van der Waals surface area contributed by atoms with E-state index in [1.165, 1.54) is 11.8 Å². The summed E-state index contributed by atoms with van der Waals surface area (Å²) in [5.41, 5.74) is 4.04. The number of ether oxygens (including phenoxy) is 3. The first-order valence-electron chi connectivity index (χ1n) is 11.3. The van der Waals surface area contributed by atoms with E-state index in [9.17, 15) is 9.59 Å². The Bertz CT molecular complexity index is 1410. The molecule has 184 valence electrons. The molecule has 1 unspecified atom stereocenters. The third-order valence-corrected chi connectivity index (χ3v) is 7.08. The monoisotopic (exact) mass is 502 g/mol. The number of methoxy groups -OCH3 is 3. The lowest BCUT2D eigenvalue weighted by Gasteiger charge is -2.20. The second kappa shape index (κ2) is 10.8. The molecule has 0 heterocycles. The number of amides is 1. The quantitative estimate of drug-likeness (QED) is 0.486. The molecule has 4 rings (SSSR count). The van der Waals surface area contributed by atoms with E-state index in [0.717, 1.165) is 16.7 Å². The van der Waals surface area contributed by atoms with Gasteiger partial charge in [0.1, 0.15) is 0 Å². The molecule has 0 bridgehead atoms. The van der Waals surface area contributed by atoms with Crippen LogP contribution in [0.25, 0.3) is 11.1 Å². The van der Waals surface area contributed by atoms with Gasteiger partial charge in [0, 0.05) is 11.1 Å². The van der Waals surface area contributed by atoms with E-state index in [-0.39, 0.29) is 11.3 Å². The average Bonchev–Trinajstić information content (AvgIpc) is 3.15. The maximum absolute atomic E-state index is 13.2. The van der Waals surface area contributed by atoms with Crippen molar-refractivity contribution in [3.05, 3.63) is 81.0 Å². The molecule has 0 saturated carbocycles. The first kappa shape index (κ1) is 25.1. The molecule has 8 heteroatoms. The summed E-state index contributed by atoms with van der Waals surface area (Å²) in [4.78, 5) is 26.8. The van der Waals surface area contributed by atoms with E-state index in [0.29, 0.717) is 51.7 Å². The SMILES string of the molecule is COc1cc2c(c(OC)c1OC)-c1ccc(SC)c(=O)cc1C(NC(=O)c1ccc(C#N)cc1)CC2. The number of thioether (sulfide) groups is 1. The summed E-state index contributed by atoms with van der Waals surface area (Å²) in [7, 11) is 4.70. The molecule has 0 saturated heterocycles. The molecular formula is C28H26N2O5S. The van der Waals surface area contributed by atoms with Crippen molar-refractivity contribution in [3.8, 4) is 34.4 Å². The highest BCUT2D eigenvalue weighted by molar-refractivity contribution is 7.98. The van der Waals surface area contributed by atoms with Gasteiger partial charge in [0.2, 0.25) is 5.75 Å². The zero-order valence-electron chi connectivity index (χ0n) is 20.5. The largest absolute Gasteiger partial charge is 0.493 e. The fraction of sp³-hybridized carbons (Fsp3) is 0.250. The van der Waals surface area contributed by atoms with Crippen LogP contribution in [0, 0.1) is 11.3 Å². The highest BCUT2D eigenvalue weighted by Gasteiger charge is 2.30. The smallest absolute Gasteiger partial charge is 0.251 e. The van der Waals surface area contributed by atoms with Crippen molar-refractivity contribution in [3.63, 3.8) is 0 Å². The normalized spacial score (nSPS) is 13.9. The lowest BCUT2D eigenvalue weighted by atomic mass is 9.95. The van der Waals surface area contributed by atoms with Crippen LogP contribution in [-0.4, -0.2) is 33.5 Å². The Balaban J connectivity index is 1.90. The predicted molar refractivity (Wildman–Crippen MR) is 139 cm³/mol. The van der Waals surface area contributed by atoms with Crippen molar-refractivity contribution in [2.75, 3.05) is 27.6 Å². The third-order valence-electron chi connectivity index (χ3n) is 6.30. The number of rotatable bonds is 6. The Kier molecular flexibility index (Phi) is 7.51. The van der Waals surface area contributed by atoms with Crippen molar-refractivity contribution >= 4 is 17.7 Å². The maximum atomic E-state index is 13.2. The summed E-state index contributed by atoms with van der Waals surface area (Å²) in [6.07, 6.45) is 3.01. The van der Waals surface area contributed by atoms with Crippen molar-refractivity contribution in [1.82, 2.24) is 5.32 Å². The second-order valence-electron chi connectivity index (χ2n) is 8.21. The van der Waals surface area contributed by atoms with E-state index >= 15 is 0 Å². The van der Waals surface area contributed by atoms with Crippen LogP contribution in [0.4, 0.5) is 0 Å². The number of aryl methyl sites for hydroxylation is 1. The van der Waals surface area contributed by atoms with Gasteiger partial charge in [-0.2, -0.15) is 5.26 Å². The molecule has 0 fully saturated rings. The summed E-state index contributed by atoms with van der Waals surface area (Å²) >= 11 is 1.37. The van der Waals surface area contributed by atoms with Gasteiger partial charge in [0.05, 0.1) is 43.9 Å². The molecule has 1 aliphatic rings. The Morgan fingerprint density at radius 3 is 2.36 bits per heavy atom. The van der Waals surface area contributed by atoms with Gasteiger partial charge in [-0.3, -0.25) is 9.59 Å². The number of hydrogen-bond acceptors (Lipinski definition) is 7. The molecule has 7 nitrogen and oxygen atoms in total. The van der Waals surface area contributed by atoms with Crippen LogP contribution in [0.15, 0.2) is 58.2 Å². The fourth-order valence-electron chi connectivity index (χ4n) is 4.55. The number of nitrogens with one attached hydrogen (secondary N) is 1. The fourth-order valence-corrected chi connectivity index (χ4v) is 5.02. The number of carbonyl (C=O) groups excluding carboxylic acids is 1. The van der Waals surface area contributed by atoms with Crippen LogP contribution in [0.5, 0.6) is 17.2 Å². The Morgan fingerprint density at radius 2 is 1.75 bits per heavy atom. The molecule has 3 aromatic carbocycles. The zero-order chi connectivity index (χ0) is 25.8. The summed E-state index contributed by atoms with van der Waals surface area (Å²) in [5, 5.41) is 12.2. The molecule has 0 aliphatic heterocycles. The number of benzene rings is 2. The first-order valence-corrected chi connectivity index (χ1v) is 12.5. The minimum absolute atomic E-state index is 0.121. The van der Waals surface area contributed by atoms with Crippen molar-refractivity contribution in [2.45, 2.75) is 23.8 Å². The molecule has 36 heavy (non-hydrogen) atoms. The van der Waals surface area contributed by atoms with E-state index in [1.807, 2.05) is 18.4 Å². The number of fused-ring (bicyclic) bond motifs is 3. The van der Waals surface area contributed by atoms with Crippen LogP contribution >= 0.6 is 11.8 Å². The minimum Gasteiger partial charge on any atom is -0.493 e. The average molecular weight is 503 g/mol. The molecule has 1 amide bonds. The number of nitrogens with zero attached hydrogens (tertiary/aromatic N) is 1. The summed E-state index contributed by atoms with van der Waals surface area (Å²) in [6, 6.07) is 15.3. The van der Waals surface area contributed by atoms with Gasteiger partial charge in [-0.1, -0.05) is 6.07 Å². The van der Waals surface area contributed by atoms with Crippen molar-refractivity contribution in [2.24, 2.45) is 0 Å². The van der Waals surface area contributed by atoms with Crippen molar-refractivity contribution in [1.29, 1.82) is 5.26 Å². The third kappa shape index (κ3) is 4.62. The standard InChI is InChI=1S/C28H26N2O5S/c1-33-23-13-18-9-11-21(30-28(32)17-7-5-16(15-29)6-8-17)20-14-22(31)24(36-4)12-10-19(20)25(18)27(35-3)26(23)34-2/h5-8,10,12-14,21H,9,11H2,1-4H3,(H,30,32). The maximum Gasteiger partial charge on any atom is 0.251 e. The van der Waals surface area contributed by atoms with Gasteiger partial charge >= 0.3 is 0 Å². The van der Waals surface area contributed by atoms with Gasteiger partial charge in [-0.15, -0.1) is 11.8 Å². The van der Waals surface area contributed by atoms with Crippen LogP contribution < -0.4 is 25.0 Å². The van der Waals surface area contributed by atoms with Gasteiger partial charge in [-0.25, -0.2) is 0 Å². The summed E-state index contributed by atoms with van der Waals surface area (Å²) in [6.45, 7) is 0. The molecule has 1 N–H and O–H groups in total. The highest BCUT2D eigenvalue weighted by atomic mass is 32.2. The Labute approximate surface area is 214 Å². The van der Waals surface area contributed by atoms with Gasteiger partial charge < -0.3 is 19.5 Å². The van der Waals surface area contributed by atoms with E-state index in [2.05, 4.69) is 11.4 Å².